The summed E-state index contributed by atoms with van der Waals surface area (Å²) in [6, 6.07) is 0. The predicted molar refractivity (Wildman–Crippen MR) is 34.0 cm³/mol. The third kappa shape index (κ3) is 3.21. The fourth-order valence-electron chi connectivity index (χ4n) is 0.0481. The minimum atomic E-state index is -1.24. The van der Waals surface area contributed by atoms with E-state index in [0.29, 0.717) is 6.29 Å². The predicted octanol–water partition coefficient (Wildman–Crippen LogP) is 1.68. The Morgan fingerprint density at radius 3 is 2.14 bits per heavy atom. The zero-order valence-corrected chi connectivity index (χ0v) is 5.98. The summed E-state index contributed by atoms with van der Waals surface area (Å²) in [4.78, 5) is 9.77. The van der Waals surface area contributed by atoms with Crippen molar-refractivity contribution >= 4 is 41.2 Å². The highest BCUT2D eigenvalue weighted by Gasteiger charge is 2.19. The normalized spacial score (nSPS) is 11.3. The quantitative estimate of drug-likeness (QED) is 0.450. The van der Waals surface area contributed by atoms with Crippen LogP contribution in [0.2, 0.25) is 0 Å². The molecule has 0 bridgehead atoms. The maximum Gasteiger partial charge on any atom is 0.217 e. The van der Waals surface area contributed by atoms with Gasteiger partial charge in [0.05, 0.1) is 0 Å². The lowest BCUT2D eigenvalue weighted by atomic mass is 10.9. The van der Waals surface area contributed by atoms with Crippen LogP contribution in [-0.2, 0) is 4.79 Å². The van der Waals surface area contributed by atoms with E-state index in [2.05, 4.69) is 0 Å². The van der Waals surface area contributed by atoms with Crippen LogP contribution in [-0.4, -0.2) is 16.2 Å². The van der Waals surface area contributed by atoms with E-state index in [1.165, 1.54) is 0 Å². The van der Waals surface area contributed by atoms with Crippen LogP contribution in [0.5, 0.6) is 0 Å². The Kier molecular flexibility index (Phi) is 3.04. The SMILES string of the molecule is CSC(Cl)(Cl)C=O. The Hall–Kier alpha value is 0.600. The second-order valence-corrected chi connectivity index (χ2v) is 3.77. The molecule has 0 radical (unpaired) electrons. The first-order valence-electron chi connectivity index (χ1n) is 1.51. The van der Waals surface area contributed by atoms with E-state index in [-0.39, 0.29) is 0 Å². The number of halogens is 2. The van der Waals surface area contributed by atoms with Crippen LogP contribution in [0.25, 0.3) is 0 Å². The molecule has 0 aliphatic carbocycles. The third-order valence-corrected chi connectivity index (χ3v) is 2.15. The maximum atomic E-state index is 9.77. The molecule has 0 spiro atoms. The summed E-state index contributed by atoms with van der Waals surface area (Å²) >= 11 is 11.6. The summed E-state index contributed by atoms with van der Waals surface area (Å²) in [5.41, 5.74) is 0. The van der Waals surface area contributed by atoms with E-state index in [0.717, 1.165) is 11.8 Å². The van der Waals surface area contributed by atoms with Crippen LogP contribution < -0.4 is 0 Å². The lowest BCUT2D eigenvalue weighted by Gasteiger charge is -2.03. The van der Waals surface area contributed by atoms with Crippen LogP contribution in [0.15, 0.2) is 0 Å². The van der Waals surface area contributed by atoms with Gasteiger partial charge in [0.15, 0.2) is 6.29 Å². The van der Waals surface area contributed by atoms with Gasteiger partial charge in [-0.3, -0.25) is 4.79 Å². The molecule has 0 aromatic heterocycles. The second-order valence-electron chi connectivity index (χ2n) is 0.884. The van der Waals surface area contributed by atoms with E-state index < -0.39 is 3.67 Å². The molecule has 0 N–H and O–H groups in total. The molecule has 0 aliphatic rings. The topological polar surface area (TPSA) is 17.1 Å². The third-order valence-electron chi connectivity index (χ3n) is 0.409. The van der Waals surface area contributed by atoms with Crippen molar-refractivity contribution in [1.82, 2.24) is 0 Å². The summed E-state index contributed by atoms with van der Waals surface area (Å²) in [6.45, 7) is 0. The molecule has 0 aromatic carbocycles. The largest absolute Gasteiger partial charge is 0.299 e. The van der Waals surface area contributed by atoms with Crippen molar-refractivity contribution < 1.29 is 4.79 Å². The van der Waals surface area contributed by atoms with Gasteiger partial charge in [0.2, 0.25) is 3.67 Å². The molecular weight excluding hydrogens is 155 g/mol. The van der Waals surface area contributed by atoms with Gasteiger partial charge in [0.1, 0.15) is 0 Å². The second kappa shape index (κ2) is 2.80. The van der Waals surface area contributed by atoms with Crippen molar-refractivity contribution in [2.24, 2.45) is 0 Å². The molecule has 0 amide bonds. The van der Waals surface area contributed by atoms with Gasteiger partial charge in [-0.25, -0.2) is 0 Å². The summed E-state index contributed by atoms with van der Waals surface area (Å²) in [6.07, 6.45) is 2.15. The molecule has 0 atom stereocenters. The molecule has 7 heavy (non-hydrogen) atoms. The van der Waals surface area contributed by atoms with Gasteiger partial charge < -0.3 is 0 Å². The Morgan fingerprint density at radius 1 is 1.71 bits per heavy atom. The van der Waals surface area contributed by atoms with Crippen molar-refractivity contribution in [1.29, 1.82) is 0 Å². The van der Waals surface area contributed by atoms with Crippen molar-refractivity contribution in [3.63, 3.8) is 0 Å². The average Bonchev–Trinajstić information content (AvgIpc) is 1.68. The zero-order valence-electron chi connectivity index (χ0n) is 3.65. The highest BCUT2D eigenvalue weighted by Crippen LogP contribution is 2.29. The van der Waals surface area contributed by atoms with Crippen LogP contribution in [0.1, 0.15) is 0 Å². The molecular formula is C3H4Cl2OS. The van der Waals surface area contributed by atoms with E-state index >= 15 is 0 Å². The first-order chi connectivity index (χ1) is 3.12. The summed E-state index contributed by atoms with van der Waals surface area (Å²) < 4.78 is -1.24. The standard InChI is InChI=1S/C3H4Cl2OS/c1-7-3(4,5)2-6/h2H,1H3. The minimum absolute atomic E-state index is 0.487. The van der Waals surface area contributed by atoms with Crippen molar-refractivity contribution in [3.8, 4) is 0 Å². The van der Waals surface area contributed by atoms with Crippen molar-refractivity contribution in [2.45, 2.75) is 3.67 Å². The fourth-order valence-corrected chi connectivity index (χ4v) is 0.144. The Bertz CT molecular complexity index is 73.3. The summed E-state index contributed by atoms with van der Waals surface area (Å²) in [5, 5.41) is 0. The van der Waals surface area contributed by atoms with Crippen LogP contribution in [0.3, 0.4) is 0 Å². The van der Waals surface area contributed by atoms with Gasteiger partial charge in [-0.2, -0.15) is 0 Å². The van der Waals surface area contributed by atoms with Crippen LogP contribution >= 0.6 is 35.0 Å². The first kappa shape index (κ1) is 7.60. The molecule has 0 rings (SSSR count). The van der Waals surface area contributed by atoms with E-state index in [4.69, 9.17) is 23.2 Å². The highest BCUT2D eigenvalue weighted by atomic mass is 35.5. The van der Waals surface area contributed by atoms with Crippen molar-refractivity contribution in [2.75, 3.05) is 6.26 Å². The van der Waals surface area contributed by atoms with Gasteiger partial charge in [-0.15, -0.1) is 11.8 Å². The number of alkyl halides is 2. The molecule has 0 aromatic rings. The lowest BCUT2D eigenvalue weighted by Crippen LogP contribution is -2.05. The van der Waals surface area contributed by atoms with Gasteiger partial charge in [0.25, 0.3) is 0 Å². The maximum absolute atomic E-state index is 9.77. The molecule has 0 aliphatic heterocycles. The molecule has 0 fully saturated rings. The van der Waals surface area contributed by atoms with Gasteiger partial charge in [-0.1, -0.05) is 23.2 Å². The fraction of sp³-hybridized carbons (Fsp3) is 0.667. The van der Waals surface area contributed by atoms with E-state index in [9.17, 15) is 4.79 Å². The zero-order chi connectivity index (χ0) is 5.91. The Labute approximate surface area is 56.4 Å². The number of thioether (sulfide) groups is 1. The van der Waals surface area contributed by atoms with Gasteiger partial charge in [0, 0.05) is 0 Å². The molecule has 0 heterocycles. The number of hydrogen-bond donors (Lipinski definition) is 0. The smallest absolute Gasteiger partial charge is 0.217 e. The molecule has 0 saturated heterocycles. The van der Waals surface area contributed by atoms with E-state index in [1.807, 2.05) is 0 Å². The van der Waals surface area contributed by atoms with Crippen LogP contribution in [0, 0.1) is 0 Å². The number of carbonyl (C=O) groups excluding carboxylic acids is 1. The number of hydrogen-bond acceptors (Lipinski definition) is 2. The minimum Gasteiger partial charge on any atom is -0.299 e. The lowest BCUT2D eigenvalue weighted by molar-refractivity contribution is -0.107. The van der Waals surface area contributed by atoms with Crippen molar-refractivity contribution in [3.05, 3.63) is 0 Å². The first-order valence-corrected chi connectivity index (χ1v) is 3.50. The Morgan fingerprint density at radius 2 is 2.14 bits per heavy atom. The number of rotatable bonds is 2. The van der Waals surface area contributed by atoms with E-state index in [1.54, 1.807) is 6.26 Å². The monoisotopic (exact) mass is 158 g/mol. The highest BCUT2D eigenvalue weighted by molar-refractivity contribution is 8.03. The Balaban J connectivity index is 3.58. The average molecular weight is 159 g/mol. The van der Waals surface area contributed by atoms with Crippen LogP contribution in [0.4, 0.5) is 0 Å². The number of carbonyl (C=O) groups is 1. The van der Waals surface area contributed by atoms with Gasteiger partial charge in [-0.05, 0) is 6.26 Å². The molecule has 42 valence electrons. The molecule has 1 nitrogen and oxygen atoms in total. The molecule has 4 heteroatoms. The number of aldehydes is 1. The summed E-state index contributed by atoms with van der Waals surface area (Å²) in [5.74, 6) is 0. The van der Waals surface area contributed by atoms with Gasteiger partial charge >= 0.3 is 0 Å². The molecule has 0 saturated carbocycles. The molecule has 0 unspecified atom stereocenters. The summed E-state index contributed by atoms with van der Waals surface area (Å²) in [7, 11) is 0.